The van der Waals surface area contributed by atoms with E-state index in [1.54, 1.807) is 0 Å². The number of alkyl halides is 3. The molecule has 3 N–H and O–H groups in total. The van der Waals surface area contributed by atoms with Crippen molar-refractivity contribution >= 4 is 22.0 Å². The molecule has 1 rings (SSSR count). The zero-order chi connectivity index (χ0) is 14.5. The summed E-state index contributed by atoms with van der Waals surface area (Å²) in [6.07, 6.45) is 1.38. The van der Waals surface area contributed by atoms with E-state index in [1.807, 2.05) is 0 Å². The standard InChI is InChI=1S/C9H18F3N3O2S2/c10-9(11,12)18-6-3-14-19(16,17)15-4-1-8(7-13)2-5-15/h8,14H,1-7,13H2. The van der Waals surface area contributed by atoms with Gasteiger partial charge in [-0.25, -0.2) is 4.72 Å². The van der Waals surface area contributed by atoms with Crippen molar-refractivity contribution in [3.05, 3.63) is 0 Å². The van der Waals surface area contributed by atoms with Gasteiger partial charge in [0.15, 0.2) is 0 Å². The van der Waals surface area contributed by atoms with Crippen molar-refractivity contribution in [1.82, 2.24) is 9.03 Å². The minimum absolute atomic E-state index is 0.233. The number of nitrogens with one attached hydrogen (secondary N) is 1. The Morgan fingerprint density at radius 1 is 1.32 bits per heavy atom. The van der Waals surface area contributed by atoms with E-state index in [4.69, 9.17) is 5.73 Å². The van der Waals surface area contributed by atoms with Gasteiger partial charge in [0.1, 0.15) is 0 Å². The van der Waals surface area contributed by atoms with Crippen LogP contribution < -0.4 is 10.5 Å². The average Bonchev–Trinajstić information content (AvgIpc) is 2.34. The largest absolute Gasteiger partial charge is 0.441 e. The molecule has 1 fully saturated rings. The van der Waals surface area contributed by atoms with Crippen LogP contribution in [0.3, 0.4) is 0 Å². The Morgan fingerprint density at radius 2 is 1.89 bits per heavy atom. The molecule has 0 spiro atoms. The van der Waals surface area contributed by atoms with Crippen LogP contribution in [0, 0.1) is 5.92 Å². The molecule has 0 saturated carbocycles. The number of hydrogen-bond acceptors (Lipinski definition) is 4. The summed E-state index contributed by atoms with van der Waals surface area (Å²) in [4.78, 5) is 0. The van der Waals surface area contributed by atoms with Crippen molar-refractivity contribution in [2.45, 2.75) is 18.3 Å². The lowest BCUT2D eigenvalue weighted by atomic mass is 9.99. The van der Waals surface area contributed by atoms with Crippen LogP contribution in [-0.4, -0.2) is 50.2 Å². The van der Waals surface area contributed by atoms with Crippen LogP contribution in [0.4, 0.5) is 13.2 Å². The molecule has 0 aromatic carbocycles. The van der Waals surface area contributed by atoms with Crippen LogP contribution in [0.15, 0.2) is 0 Å². The highest BCUT2D eigenvalue weighted by atomic mass is 32.2. The van der Waals surface area contributed by atoms with E-state index in [0.29, 0.717) is 38.4 Å². The normalized spacial score (nSPS) is 19.8. The van der Waals surface area contributed by atoms with Gasteiger partial charge in [-0.3, -0.25) is 0 Å². The first-order chi connectivity index (χ1) is 8.74. The predicted molar refractivity (Wildman–Crippen MR) is 68.8 cm³/mol. The Hall–Kier alpha value is -0.0300. The number of piperidine rings is 1. The summed E-state index contributed by atoms with van der Waals surface area (Å²) in [5.74, 6) is -0.00521. The van der Waals surface area contributed by atoms with Gasteiger partial charge in [0.2, 0.25) is 0 Å². The Morgan fingerprint density at radius 3 is 2.37 bits per heavy atom. The van der Waals surface area contributed by atoms with Crippen molar-refractivity contribution < 1.29 is 21.6 Å². The third kappa shape index (κ3) is 6.30. The van der Waals surface area contributed by atoms with Gasteiger partial charge in [0.05, 0.1) is 0 Å². The van der Waals surface area contributed by atoms with Crippen molar-refractivity contribution in [3.63, 3.8) is 0 Å². The van der Waals surface area contributed by atoms with Crippen LogP contribution in [0.1, 0.15) is 12.8 Å². The predicted octanol–water partition coefficient (Wildman–Crippen LogP) is 0.745. The second kappa shape index (κ2) is 7.11. The number of halogens is 3. The summed E-state index contributed by atoms with van der Waals surface area (Å²) in [7, 11) is -3.67. The van der Waals surface area contributed by atoms with Crippen LogP contribution in [0.25, 0.3) is 0 Å². The van der Waals surface area contributed by atoms with Crippen molar-refractivity contribution in [2.24, 2.45) is 11.7 Å². The van der Waals surface area contributed by atoms with Gasteiger partial charge in [-0.2, -0.15) is 25.9 Å². The second-order valence-electron chi connectivity index (χ2n) is 4.27. The highest BCUT2D eigenvalue weighted by Gasteiger charge is 2.29. The summed E-state index contributed by atoms with van der Waals surface area (Å²) in [6.45, 7) is 1.03. The zero-order valence-corrected chi connectivity index (χ0v) is 12.0. The summed E-state index contributed by atoms with van der Waals surface area (Å²) >= 11 is -0.237. The Labute approximate surface area is 115 Å². The molecule has 0 aliphatic carbocycles. The van der Waals surface area contributed by atoms with E-state index >= 15 is 0 Å². The van der Waals surface area contributed by atoms with Crippen molar-refractivity contribution in [2.75, 3.05) is 31.9 Å². The van der Waals surface area contributed by atoms with Crippen LogP contribution in [-0.2, 0) is 10.2 Å². The molecule has 1 saturated heterocycles. The van der Waals surface area contributed by atoms with Gasteiger partial charge >= 0.3 is 5.51 Å². The van der Waals surface area contributed by atoms with Crippen molar-refractivity contribution in [1.29, 1.82) is 0 Å². The lowest BCUT2D eigenvalue weighted by Gasteiger charge is -2.30. The first-order valence-corrected chi connectivity index (χ1v) is 8.32. The monoisotopic (exact) mass is 321 g/mol. The number of nitrogens with zero attached hydrogens (tertiary/aromatic N) is 1. The number of nitrogens with two attached hydrogens (primary N) is 1. The molecule has 10 heteroatoms. The van der Waals surface area contributed by atoms with E-state index in [2.05, 4.69) is 4.72 Å². The minimum atomic E-state index is -4.33. The first-order valence-electron chi connectivity index (χ1n) is 5.90. The molecule has 19 heavy (non-hydrogen) atoms. The molecule has 1 heterocycles. The van der Waals surface area contributed by atoms with Gasteiger partial charge < -0.3 is 5.73 Å². The lowest BCUT2D eigenvalue weighted by molar-refractivity contribution is -0.0327. The quantitative estimate of drug-likeness (QED) is 0.708. The first kappa shape index (κ1) is 17.0. The molecule has 5 nitrogen and oxygen atoms in total. The molecular formula is C9H18F3N3O2S2. The fraction of sp³-hybridized carbons (Fsp3) is 1.00. The molecule has 0 unspecified atom stereocenters. The van der Waals surface area contributed by atoms with E-state index in [-0.39, 0.29) is 24.1 Å². The molecular weight excluding hydrogens is 303 g/mol. The molecule has 0 radical (unpaired) electrons. The van der Waals surface area contributed by atoms with Gasteiger partial charge in [0.25, 0.3) is 10.2 Å². The summed E-state index contributed by atoms with van der Waals surface area (Å²) in [5.41, 5.74) is 1.18. The maximum atomic E-state index is 11.9. The summed E-state index contributed by atoms with van der Waals surface area (Å²) < 4.78 is 62.7. The zero-order valence-electron chi connectivity index (χ0n) is 10.3. The molecule has 0 bridgehead atoms. The average molecular weight is 321 g/mol. The topological polar surface area (TPSA) is 75.4 Å². The van der Waals surface area contributed by atoms with Gasteiger partial charge in [-0.1, -0.05) is 0 Å². The van der Waals surface area contributed by atoms with E-state index < -0.39 is 15.7 Å². The Balaban J connectivity index is 2.32. The fourth-order valence-corrected chi connectivity index (χ4v) is 3.61. The summed E-state index contributed by atoms with van der Waals surface area (Å²) in [6, 6.07) is 0. The number of thioether (sulfide) groups is 1. The van der Waals surface area contributed by atoms with Crippen molar-refractivity contribution in [3.8, 4) is 0 Å². The highest BCUT2D eigenvalue weighted by molar-refractivity contribution is 8.00. The minimum Gasteiger partial charge on any atom is -0.330 e. The Kier molecular flexibility index (Phi) is 6.37. The summed E-state index contributed by atoms with van der Waals surface area (Å²) in [5, 5.41) is 0. The molecule has 0 aromatic rings. The molecule has 1 aliphatic rings. The third-order valence-electron chi connectivity index (χ3n) is 2.90. The van der Waals surface area contributed by atoms with Gasteiger partial charge in [-0.05, 0) is 37.1 Å². The van der Waals surface area contributed by atoms with Gasteiger partial charge in [0, 0.05) is 25.4 Å². The third-order valence-corrected chi connectivity index (χ3v) is 5.25. The highest BCUT2D eigenvalue weighted by Crippen LogP contribution is 2.29. The SMILES string of the molecule is NCC1CCN(S(=O)(=O)NCCSC(F)(F)F)CC1. The second-order valence-corrected chi connectivity index (χ2v) is 7.19. The molecule has 1 aliphatic heterocycles. The maximum absolute atomic E-state index is 11.9. The van der Waals surface area contributed by atoms with E-state index in [0.717, 1.165) is 0 Å². The fourth-order valence-electron chi connectivity index (χ4n) is 1.81. The van der Waals surface area contributed by atoms with Crippen LogP contribution in [0.2, 0.25) is 0 Å². The lowest BCUT2D eigenvalue weighted by Crippen LogP contribution is -2.46. The van der Waals surface area contributed by atoms with Crippen LogP contribution in [0.5, 0.6) is 0 Å². The van der Waals surface area contributed by atoms with Crippen LogP contribution >= 0.6 is 11.8 Å². The molecule has 0 atom stereocenters. The number of hydrogen-bond donors (Lipinski definition) is 2. The van der Waals surface area contributed by atoms with Gasteiger partial charge in [-0.15, -0.1) is 0 Å². The Bertz CT molecular complexity index is 367. The molecule has 114 valence electrons. The van der Waals surface area contributed by atoms with E-state index in [1.165, 1.54) is 4.31 Å². The molecule has 0 aromatic heterocycles. The van der Waals surface area contributed by atoms with E-state index in [9.17, 15) is 21.6 Å². The molecule has 0 amide bonds. The maximum Gasteiger partial charge on any atom is 0.441 e. The number of rotatable bonds is 6. The smallest absolute Gasteiger partial charge is 0.330 e.